The van der Waals surface area contributed by atoms with Gasteiger partial charge < -0.3 is 19.8 Å². The quantitative estimate of drug-likeness (QED) is 0.249. The minimum atomic E-state index is -0.251. The van der Waals surface area contributed by atoms with Crippen molar-refractivity contribution in [1.29, 1.82) is 0 Å². The van der Waals surface area contributed by atoms with Crippen LogP contribution in [0.2, 0.25) is 10.0 Å². The number of halogens is 2. The SMILES string of the molecule is CCCCC(NCC(CC(C)C)NC(=O)COc1cccc(Cl)c1Cl)C(=O)CSCc1ccco1. The van der Waals surface area contributed by atoms with Gasteiger partial charge >= 0.3 is 0 Å². The Morgan fingerprint density at radius 2 is 1.97 bits per heavy atom. The molecule has 0 spiro atoms. The summed E-state index contributed by atoms with van der Waals surface area (Å²) in [4.78, 5) is 25.5. The van der Waals surface area contributed by atoms with Crippen molar-refractivity contribution < 1.29 is 18.7 Å². The lowest BCUT2D eigenvalue weighted by Crippen LogP contribution is -2.49. The molecule has 1 aromatic heterocycles. The van der Waals surface area contributed by atoms with E-state index in [-0.39, 0.29) is 35.4 Å². The lowest BCUT2D eigenvalue weighted by atomic mass is 10.0. The zero-order valence-electron chi connectivity index (χ0n) is 20.7. The smallest absolute Gasteiger partial charge is 0.258 e. The Morgan fingerprint density at radius 1 is 1.17 bits per heavy atom. The number of Topliss-reactive ketones (excluding diaryl/α,β-unsaturated/α-hetero) is 1. The van der Waals surface area contributed by atoms with Gasteiger partial charge in [0.05, 0.1) is 28.8 Å². The van der Waals surface area contributed by atoms with Gasteiger partial charge in [0.1, 0.15) is 16.5 Å². The molecule has 2 atom stereocenters. The maximum absolute atomic E-state index is 12.9. The second-order valence-electron chi connectivity index (χ2n) is 8.88. The molecule has 2 aromatic rings. The van der Waals surface area contributed by atoms with E-state index in [4.69, 9.17) is 32.4 Å². The standard InChI is InChI=1S/C26H36Cl2N2O4S/c1-4-5-10-22(23(31)17-35-16-20-8-7-12-33-20)29-14-19(13-18(2)3)30-25(32)15-34-24-11-6-9-21(27)26(24)28/h6-9,11-12,18-19,22,29H,4-5,10,13-17H2,1-3H3,(H,30,32). The molecule has 1 heterocycles. The number of rotatable bonds is 17. The molecule has 1 amide bonds. The van der Waals surface area contributed by atoms with Gasteiger partial charge in [0.25, 0.3) is 5.91 Å². The van der Waals surface area contributed by atoms with Gasteiger partial charge in [-0.1, -0.05) is 62.9 Å². The highest BCUT2D eigenvalue weighted by molar-refractivity contribution is 7.99. The average molecular weight is 544 g/mol. The van der Waals surface area contributed by atoms with Crippen LogP contribution in [-0.2, 0) is 15.3 Å². The number of amides is 1. The van der Waals surface area contributed by atoms with Crippen LogP contribution < -0.4 is 15.4 Å². The third kappa shape index (κ3) is 11.3. The Hall–Kier alpha value is -1.67. The van der Waals surface area contributed by atoms with E-state index in [1.54, 1.807) is 36.2 Å². The summed E-state index contributed by atoms with van der Waals surface area (Å²) < 4.78 is 10.9. The molecule has 9 heteroatoms. The number of hydrogen-bond donors (Lipinski definition) is 2. The molecule has 0 aliphatic heterocycles. The van der Waals surface area contributed by atoms with E-state index in [1.165, 1.54) is 0 Å². The number of carbonyl (C=O) groups excluding carboxylic acids is 2. The van der Waals surface area contributed by atoms with Crippen LogP contribution >= 0.6 is 35.0 Å². The van der Waals surface area contributed by atoms with Crippen LogP contribution in [-0.4, -0.2) is 42.7 Å². The summed E-state index contributed by atoms with van der Waals surface area (Å²) in [5.41, 5.74) is 0. The highest BCUT2D eigenvalue weighted by Crippen LogP contribution is 2.31. The number of thioether (sulfide) groups is 1. The number of ketones is 1. The normalized spacial score (nSPS) is 13.0. The van der Waals surface area contributed by atoms with Gasteiger partial charge in [-0.15, -0.1) is 11.8 Å². The van der Waals surface area contributed by atoms with Crippen molar-refractivity contribution in [3.8, 4) is 5.75 Å². The monoisotopic (exact) mass is 542 g/mol. The number of furan rings is 1. The van der Waals surface area contributed by atoms with E-state index in [0.717, 1.165) is 31.4 Å². The lowest BCUT2D eigenvalue weighted by molar-refractivity contribution is -0.123. The van der Waals surface area contributed by atoms with Crippen molar-refractivity contribution >= 4 is 46.7 Å². The molecular weight excluding hydrogens is 507 g/mol. The van der Waals surface area contributed by atoms with Crippen LogP contribution in [0.1, 0.15) is 52.2 Å². The molecule has 0 bridgehead atoms. The summed E-state index contributed by atoms with van der Waals surface area (Å²) in [5, 5.41) is 7.11. The molecule has 0 aliphatic rings. The van der Waals surface area contributed by atoms with Crippen LogP contribution in [0.5, 0.6) is 5.75 Å². The average Bonchev–Trinajstić information content (AvgIpc) is 3.33. The van der Waals surface area contributed by atoms with E-state index in [9.17, 15) is 9.59 Å². The number of hydrogen-bond acceptors (Lipinski definition) is 6. The zero-order chi connectivity index (χ0) is 25.6. The number of benzene rings is 1. The molecular formula is C26H36Cl2N2O4S. The van der Waals surface area contributed by atoms with Crippen molar-refractivity contribution in [2.24, 2.45) is 5.92 Å². The third-order valence-electron chi connectivity index (χ3n) is 5.31. The molecule has 35 heavy (non-hydrogen) atoms. The van der Waals surface area contributed by atoms with E-state index in [2.05, 4.69) is 31.4 Å². The number of carbonyl (C=O) groups is 2. The van der Waals surface area contributed by atoms with Crippen LogP contribution in [0.25, 0.3) is 0 Å². The van der Waals surface area contributed by atoms with E-state index in [0.29, 0.717) is 34.7 Å². The fourth-order valence-corrected chi connectivity index (χ4v) is 4.80. The van der Waals surface area contributed by atoms with Crippen LogP contribution in [0.15, 0.2) is 41.0 Å². The van der Waals surface area contributed by atoms with Crippen molar-refractivity contribution in [3.63, 3.8) is 0 Å². The Balaban J connectivity index is 1.88. The highest BCUT2D eigenvalue weighted by Gasteiger charge is 2.21. The van der Waals surface area contributed by atoms with Gasteiger partial charge in [0, 0.05) is 12.6 Å². The summed E-state index contributed by atoms with van der Waals surface area (Å²) >= 11 is 13.7. The first kappa shape index (κ1) is 29.6. The molecule has 2 unspecified atom stereocenters. The fraction of sp³-hybridized carbons (Fsp3) is 0.538. The molecule has 0 saturated heterocycles. The predicted octanol–water partition coefficient (Wildman–Crippen LogP) is 6.15. The summed E-state index contributed by atoms with van der Waals surface area (Å²) in [5.74, 6) is 2.60. The number of unbranched alkanes of at least 4 members (excludes halogenated alkanes) is 1. The molecule has 0 fully saturated rings. The Bertz CT molecular complexity index is 909. The van der Waals surface area contributed by atoms with Crippen molar-refractivity contribution in [2.75, 3.05) is 18.9 Å². The first-order valence-electron chi connectivity index (χ1n) is 12.0. The van der Waals surface area contributed by atoms with Crippen molar-refractivity contribution in [3.05, 3.63) is 52.4 Å². The molecule has 6 nitrogen and oxygen atoms in total. The summed E-state index contributed by atoms with van der Waals surface area (Å²) in [7, 11) is 0. The van der Waals surface area contributed by atoms with Crippen LogP contribution in [0.4, 0.5) is 0 Å². The second-order valence-corrected chi connectivity index (χ2v) is 10.6. The summed E-state index contributed by atoms with van der Waals surface area (Å²) in [6.07, 6.45) is 5.16. The minimum absolute atomic E-state index is 0.131. The molecule has 1 aromatic carbocycles. The van der Waals surface area contributed by atoms with Gasteiger partial charge in [-0.3, -0.25) is 9.59 Å². The fourth-order valence-electron chi connectivity index (χ4n) is 3.59. The van der Waals surface area contributed by atoms with E-state index in [1.807, 2.05) is 12.1 Å². The lowest BCUT2D eigenvalue weighted by Gasteiger charge is -2.25. The maximum atomic E-state index is 12.9. The molecule has 2 N–H and O–H groups in total. The Kier molecular flexibility index (Phi) is 13.6. The highest BCUT2D eigenvalue weighted by atomic mass is 35.5. The first-order chi connectivity index (χ1) is 16.8. The molecule has 0 radical (unpaired) electrons. The predicted molar refractivity (Wildman–Crippen MR) is 145 cm³/mol. The van der Waals surface area contributed by atoms with Crippen LogP contribution in [0.3, 0.4) is 0 Å². The van der Waals surface area contributed by atoms with Gasteiger partial charge in [0.2, 0.25) is 0 Å². The summed E-state index contributed by atoms with van der Waals surface area (Å²) in [6.45, 7) is 6.65. The molecule has 194 valence electrons. The largest absolute Gasteiger partial charge is 0.482 e. The Labute approximate surface area is 222 Å². The molecule has 0 saturated carbocycles. The van der Waals surface area contributed by atoms with Gasteiger partial charge in [-0.25, -0.2) is 0 Å². The molecule has 2 rings (SSSR count). The van der Waals surface area contributed by atoms with Gasteiger partial charge in [0.15, 0.2) is 12.4 Å². The first-order valence-corrected chi connectivity index (χ1v) is 13.9. The Morgan fingerprint density at radius 3 is 2.66 bits per heavy atom. The van der Waals surface area contributed by atoms with E-state index < -0.39 is 0 Å². The minimum Gasteiger partial charge on any atom is -0.482 e. The molecule has 0 aliphatic carbocycles. The van der Waals surface area contributed by atoms with Crippen molar-refractivity contribution in [2.45, 2.75) is 64.3 Å². The maximum Gasteiger partial charge on any atom is 0.258 e. The topological polar surface area (TPSA) is 80.6 Å². The summed E-state index contributed by atoms with van der Waals surface area (Å²) in [6, 6.07) is 8.43. The zero-order valence-corrected chi connectivity index (χ0v) is 23.0. The van der Waals surface area contributed by atoms with Crippen LogP contribution in [0, 0.1) is 5.92 Å². The van der Waals surface area contributed by atoms with E-state index >= 15 is 0 Å². The number of ether oxygens (including phenoxy) is 1. The van der Waals surface area contributed by atoms with Gasteiger partial charge in [-0.05, 0) is 43.0 Å². The van der Waals surface area contributed by atoms with Crippen molar-refractivity contribution in [1.82, 2.24) is 10.6 Å². The third-order valence-corrected chi connectivity index (χ3v) is 7.09. The number of nitrogens with one attached hydrogen (secondary N) is 2. The van der Waals surface area contributed by atoms with Gasteiger partial charge in [-0.2, -0.15) is 0 Å². The second kappa shape index (κ2) is 16.1.